The fourth-order valence-corrected chi connectivity index (χ4v) is 4.58. The van der Waals surface area contributed by atoms with Crippen LogP contribution in [0.4, 0.5) is 4.39 Å². The number of hydrogen-bond acceptors (Lipinski definition) is 6. The number of carboxylic acids is 1. The molecule has 1 aliphatic heterocycles. The third-order valence-corrected chi connectivity index (χ3v) is 6.80. The quantitative estimate of drug-likeness (QED) is 0.395. The van der Waals surface area contributed by atoms with Gasteiger partial charge in [0.15, 0.2) is 0 Å². The molecule has 0 aliphatic carbocycles. The Morgan fingerprint density at radius 2 is 1.67 bits per heavy atom. The summed E-state index contributed by atoms with van der Waals surface area (Å²) in [6.07, 6.45) is 0.950. The van der Waals surface area contributed by atoms with Crippen LogP contribution in [0.1, 0.15) is 17.5 Å². The maximum atomic E-state index is 13.0. The molecule has 1 saturated heterocycles. The number of rotatable bonds is 11. The van der Waals surface area contributed by atoms with Gasteiger partial charge >= 0.3 is 11.9 Å². The van der Waals surface area contributed by atoms with Crippen LogP contribution in [0, 0.1) is 11.7 Å². The Morgan fingerprint density at radius 3 is 2.30 bits per heavy atom. The Balaban J connectivity index is 1.41. The van der Waals surface area contributed by atoms with Gasteiger partial charge in [0.1, 0.15) is 12.4 Å². The summed E-state index contributed by atoms with van der Waals surface area (Å²) in [5.41, 5.74) is 1.81. The molecule has 0 aromatic heterocycles. The first kappa shape index (κ1) is 25.2. The smallest absolute Gasteiger partial charge is 0.320 e. The first-order valence-electron chi connectivity index (χ1n) is 11.1. The zero-order chi connectivity index (χ0) is 23.6. The average Bonchev–Trinajstić information content (AvgIpc) is 2.80. The van der Waals surface area contributed by atoms with E-state index in [9.17, 15) is 19.1 Å². The minimum atomic E-state index is -0.823. The normalized spacial score (nSPS) is 15.8. The molecular weight excluding hydrogens is 443 g/mol. The van der Waals surface area contributed by atoms with E-state index in [1.807, 2.05) is 24.3 Å². The van der Waals surface area contributed by atoms with E-state index in [1.54, 1.807) is 12.1 Å². The van der Waals surface area contributed by atoms with Crippen molar-refractivity contribution in [3.05, 3.63) is 65.5 Å². The Kier molecular flexibility index (Phi) is 9.72. The van der Waals surface area contributed by atoms with Crippen LogP contribution >= 0.6 is 11.8 Å². The molecule has 2 aromatic carbocycles. The second kappa shape index (κ2) is 12.7. The second-order valence-corrected chi connectivity index (χ2v) is 9.56. The van der Waals surface area contributed by atoms with Crippen molar-refractivity contribution in [3.8, 4) is 0 Å². The summed E-state index contributed by atoms with van der Waals surface area (Å²) in [5.74, 6) is -1.18. The number of aliphatic carboxylic acids is 1. The van der Waals surface area contributed by atoms with E-state index in [4.69, 9.17) is 4.74 Å². The number of ether oxygens (including phenoxy) is 1. The number of hydrogen-bond donors (Lipinski definition) is 1. The summed E-state index contributed by atoms with van der Waals surface area (Å²) in [6, 6.07) is 13.8. The Hall–Kier alpha value is -2.42. The van der Waals surface area contributed by atoms with Crippen molar-refractivity contribution in [2.24, 2.45) is 5.92 Å². The van der Waals surface area contributed by atoms with Gasteiger partial charge in [-0.1, -0.05) is 24.3 Å². The summed E-state index contributed by atoms with van der Waals surface area (Å²) in [6.45, 7) is 4.17. The van der Waals surface area contributed by atoms with Crippen LogP contribution in [-0.2, 0) is 27.4 Å². The molecule has 1 aliphatic rings. The van der Waals surface area contributed by atoms with E-state index in [0.717, 1.165) is 42.2 Å². The molecule has 0 amide bonds. The van der Waals surface area contributed by atoms with Crippen molar-refractivity contribution in [1.29, 1.82) is 0 Å². The van der Waals surface area contributed by atoms with Crippen LogP contribution in [0.15, 0.2) is 53.4 Å². The summed E-state index contributed by atoms with van der Waals surface area (Å²) in [7, 11) is 2.07. The fraction of sp³-hybridized carbons (Fsp3) is 0.440. The van der Waals surface area contributed by atoms with Gasteiger partial charge in [0.05, 0.1) is 12.5 Å². The molecule has 0 spiro atoms. The largest absolute Gasteiger partial charge is 0.481 e. The van der Waals surface area contributed by atoms with Gasteiger partial charge < -0.3 is 14.7 Å². The van der Waals surface area contributed by atoms with E-state index >= 15 is 0 Å². The summed E-state index contributed by atoms with van der Waals surface area (Å²) in [4.78, 5) is 29.1. The number of carbonyl (C=O) groups is 2. The number of piperazine rings is 1. The highest BCUT2D eigenvalue weighted by Gasteiger charge is 2.19. The molecule has 6 nitrogen and oxygen atoms in total. The van der Waals surface area contributed by atoms with Crippen molar-refractivity contribution in [2.45, 2.75) is 24.3 Å². The average molecular weight is 475 g/mol. The third-order valence-electron chi connectivity index (χ3n) is 5.75. The summed E-state index contributed by atoms with van der Waals surface area (Å²) >= 11 is 1.53. The van der Waals surface area contributed by atoms with Gasteiger partial charge in [-0.05, 0) is 61.0 Å². The van der Waals surface area contributed by atoms with Crippen LogP contribution in [0.3, 0.4) is 0 Å². The molecule has 0 bridgehead atoms. The van der Waals surface area contributed by atoms with Gasteiger partial charge in [0.2, 0.25) is 0 Å². The fourth-order valence-electron chi connectivity index (χ4n) is 3.62. The van der Waals surface area contributed by atoms with Crippen LogP contribution in [0.2, 0.25) is 0 Å². The zero-order valence-electron chi connectivity index (χ0n) is 18.9. The lowest BCUT2D eigenvalue weighted by Crippen LogP contribution is -2.46. The number of halogens is 1. The SMILES string of the molecule is CN1CCN(CC(=O)OCc2ccc(CC(CCSc3ccc(F)cc3)C(=O)O)cc2)CC1. The van der Waals surface area contributed by atoms with Crippen molar-refractivity contribution in [1.82, 2.24) is 9.80 Å². The lowest BCUT2D eigenvalue weighted by Gasteiger charge is -2.31. The number of esters is 1. The van der Waals surface area contributed by atoms with Crippen LogP contribution in [-0.4, -0.2) is 72.4 Å². The number of likely N-dealkylation sites (N-methyl/N-ethyl adjacent to an activating group) is 1. The van der Waals surface area contributed by atoms with E-state index in [0.29, 0.717) is 25.1 Å². The molecule has 1 fully saturated rings. The minimum absolute atomic E-state index is 0.212. The molecule has 1 atom stereocenters. The van der Waals surface area contributed by atoms with Crippen molar-refractivity contribution in [2.75, 3.05) is 45.5 Å². The highest BCUT2D eigenvalue weighted by molar-refractivity contribution is 7.99. The monoisotopic (exact) mass is 474 g/mol. The molecular formula is C25H31FN2O4S. The Labute approximate surface area is 198 Å². The van der Waals surface area contributed by atoms with Gasteiger partial charge in [-0.25, -0.2) is 4.39 Å². The molecule has 2 aromatic rings. The predicted octanol–water partition coefficient (Wildman–Crippen LogP) is 3.54. The first-order valence-corrected chi connectivity index (χ1v) is 12.1. The first-order chi connectivity index (χ1) is 15.9. The Bertz CT molecular complexity index is 900. The molecule has 3 rings (SSSR count). The topological polar surface area (TPSA) is 70.1 Å². The molecule has 33 heavy (non-hydrogen) atoms. The molecule has 0 radical (unpaired) electrons. The standard InChI is InChI=1S/C25H31FN2O4S/c1-27-11-13-28(14-12-27)17-24(29)32-18-20-4-2-19(3-5-20)16-21(25(30)31)10-15-33-23-8-6-22(26)7-9-23/h2-9,21H,10-18H2,1H3,(H,30,31). The molecule has 0 saturated carbocycles. The zero-order valence-corrected chi connectivity index (χ0v) is 19.7. The maximum Gasteiger partial charge on any atom is 0.320 e. The Morgan fingerprint density at radius 1 is 1.03 bits per heavy atom. The molecule has 178 valence electrons. The number of carboxylic acid groups (broad SMARTS) is 1. The number of carbonyl (C=O) groups excluding carboxylic acids is 1. The van der Waals surface area contributed by atoms with Gasteiger partial charge in [-0.2, -0.15) is 0 Å². The molecule has 1 heterocycles. The number of benzene rings is 2. The van der Waals surface area contributed by atoms with Gasteiger partial charge in [-0.15, -0.1) is 11.8 Å². The maximum absolute atomic E-state index is 13.0. The van der Waals surface area contributed by atoms with E-state index in [-0.39, 0.29) is 18.4 Å². The summed E-state index contributed by atoms with van der Waals surface area (Å²) in [5, 5.41) is 9.59. The van der Waals surface area contributed by atoms with E-state index < -0.39 is 11.9 Å². The van der Waals surface area contributed by atoms with Crippen molar-refractivity contribution < 1.29 is 23.8 Å². The lowest BCUT2D eigenvalue weighted by molar-refractivity contribution is -0.146. The third kappa shape index (κ3) is 8.79. The van der Waals surface area contributed by atoms with E-state index in [1.165, 1.54) is 23.9 Å². The van der Waals surface area contributed by atoms with E-state index in [2.05, 4.69) is 16.8 Å². The van der Waals surface area contributed by atoms with Crippen LogP contribution in [0.25, 0.3) is 0 Å². The summed E-state index contributed by atoms with van der Waals surface area (Å²) < 4.78 is 18.4. The lowest BCUT2D eigenvalue weighted by atomic mass is 9.96. The molecule has 8 heteroatoms. The van der Waals surface area contributed by atoms with Crippen molar-refractivity contribution >= 4 is 23.7 Å². The van der Waals surface area contributed by atoms with Gasteiger partial charge in [0, 0.05) is 31.1 Å². The highest BCUT2D eigenvalue weighted by atomic mass is 32.2. The number of thioether (sulfide) groups is 1. The van der Waals surface area contributed by atoms with Crippen molar-refractivity contribution in [3.63, 3.8) is 0 Å². The minimum Gasteiger partial charge on any atom is -0.481 e. The van der Waals surface area contributed by atoms with Crippen LogP contribution in [0.5, 0.6) is 0 Å². The van der Waals surface area contributed by atoms with Crippen LogP contribution < -0.4 is 0 Å². The highest BCUT2D eigenvalue weighted by Crippen LogP contribution is 2.23. The molecule has 1 unspecified atom stereocenters. The van der Waals surface area contributed by atoms with Gasteiger partial charge in [0.25, 0.3) is 0 Å². The predicted molar refractivity (Wildman–Crippen MR) is 127 cm³/mol. The molecule has 1 N–H and O–H groups in total. The van der Waals surface area contributed by atoms with Gasteiger partial charge in [-0.3, -0.25) is 14.5 Å². The number of nitrogens with zero attached hydrogens (tertiary/aromatic N) is 2. The second-order valence-electron chi connectivity index (χ2n) is 8.39.